The van der Waals surface area contributed by atoms with Crippen LogP contribution < -0.4 is 4.74 Å². The van der Waals surface area contributed by atoms with Crippen LogP contribution in [0.2, 0.25) is 5.02 Å². The van der Waals surface area contributed by atoms with Crippen LogP contribution in [-0.2, 0) is 0 Å². The van der Waals surface area contributed by atoms with Crippen molar-refractivity contribution in [2.75, 3.05) is 0 Å². The van der Waals surface area contributed by atoms with Gasteiger partial charge in [-0.05, 0) is 19.1 Å². The lowest BCUT2D eigenvalue weighted by molar-refractivity contribution is 0.227. The lowest BCUT2D eigenvalue weighted by Gasteiger charge is -2.12. The molecule has 1 aromatic carbocycles. The summed E-state index contributed by atoms with van der Waals surface area (Å²) in [5.41, 5.74) is 0. The molecular weight excluding hydrogens is 186 g/mol. The summed E-state index contributed by atoms with van der Waals surface area (Å²) in [7, 11) is 0. The fourth-order valence-electron chi connectivity index (χ4n) is 0.927. The Bertz CT molecular complexity index is 319. The van der Waals surface area contributed by atoms with E-state index in [1.165, 1.54) is 0 Å². The van der Waals surface area contributed by atoms with Crippen LogP contribution in [-0.4, -0.2) is 6.10 Å². The van der Waals surface area contributed by atoms with Gasteiger partial charge in [-0.1, -0.05) is 23.7 Å². The second kappa shape index (κ2) is 4.74. The van der Waals surface area contributed by atoms with Crippen molar-refractivity contribution < 1.29 is 4.74 Å². The summed E-state index contributed by atoms with van der Waals surface area (Å²) in [5.74, 6) is 0.631. The van der Waals surface area contributed by atoms with Gasteiger partial charge in [-0.15, -0.1) is 0 Å². The van der Waals surface area contributed by atoms with E-state index in [4.69, 9.17) is 21.6 Å². The van der Waals surface area contributed by atoms with Gasteiger partial charge in [-0.2, -0.15) is 5.26 Å². The summed E-state index contributed by atoms with van der Waals surface area (Å²) >= 11 is 5.86. The van der Waals surface area contributed by atoms with E-state index in [2.05, 4.69) is 0 Å². The first-order valence-electron chi connectivity index (χ1n) is 4.02. The first-order chi connectivity index (χ1) is 6.24. The number of rotatable bonds is 3. The molecule has 1 unspecified atom stereocenters. The Morgan fingerprint density at radius 1 is 1.54 bits per heavy atom. The molecule has 2 nitrogen and oxygen atoms in total. The number of benzene rings is 1. The molecule has 0 aromatic heterocycles. The van der Waals surface area contributed by atoms with Crippen LogP contribution in [0.15, 0.2) is 24.3 Å². The van der Waals surface area contributed by atoms with Crippen LogP contribution in [0.1, 0.15) is 13.3 Å². The molecule has 0 aliphatic carbocycles. The molecular formula is C10H10ClNO. The molecule has 0 N–H and O–H groups in total. The van der Waals surface area contributed by atoms with E-state index < -0.39 is 0 Å². The van der Waals surface area contributed by atoms with E-state index in [0.717, 1.165) is 0 Å². The number of hydrogen-bond acceptors (Lipinski definition) is 2. The molecule has 1 rings (SSSR count). The molecule has 0 saturated carbocycles. The number of nitriles is 1. The summed E-state index contributed by atoms with van der Waals surface area (Å²) < 4.78 is 5.43. The van der Waals surface area contributed by atoms with Crippen molar-refractivity contribution in [2.24, 2.45) is 0 Å². The number of hydrogen-bond donors (Lipinski definition) is 0. The van der Waals surface area contributed by atoms with Gasteiger partial charge in [-0.25, -0.2) is 0 Å². The predicted molar refractivity (Wildman–Crippen MR) is 51.8 cm³/mol. The average molecular weight is 196 g/mol. The zero-order chi connectivity index (χ0) is 9.68. The summed E-state index contributed by atoms with van der Waals surface area (Å²) in [6.45, 7) is 1.84. The molecule has 0 fully saturated rings. The van der Waals surface area contributed by atoms with Gasteiger partial charge in [0.25, 0.3) is 0 Å². The molecule has 0 aliphatic heterocycles. The van der Waals surface area contributed by atoms with Crippen molar-refractivity contribution in [3.05, 3.63) is 29.3 Å². The summed E-state index contributed by atoms with van der Waals surface area (Å²) in [5, 5.41) is 9.00. The molecule has 13 heavy (non-hydrogen) atoms. The molecule has 0 radical (unpaired) electrons. The summed E-state index contributed by atoms with van der Waals surface area (Å²) in [4.78, 5) is 0. The van der Waals surface area contributed by atoms with E-state index in [1.807, 2.05) is 25.1 Å². The van der Waals surface area contributed by atoms with Crippen molar-refractivity contribution in [1.29, 1.82) is 5.26 Å². The lowest BCUT2D eigenvalue weighted by atomic mass is 10.3. The Balaban J connectivity index is 2.64. The van der Waals surface area contributed by atoms with Crippen molar-refractivity contribution >= 4 is 11.6 Å². The van der Waals surface area contributed by atoms with Crippen LogP contribution in [0.3, 0.4) is 0 Å². The van der Waals surface area contributed by atoms with Crippen LogP contribution in [0, 0.1) is 11.3 Å². The highest BCUT2D eigenvalue weighted by atomic mass is 35.5. The molecule has 1 aromatic rings. The molecule has 0 saturated heterocycles. The molecule has 0 amide bonds. The standard InChI is InChI=1S/C10H10ClNO/c1-8(6-7-12)13-10-5-3-2-4-9(10)11/h2-5,8H,6H2,1H3. The smallest absolute Gasteiger partial charge is 0.138 e. The van der Waals surface area contributed by atoms with Gasteiger partial charge in [0.2, 0.25) is 0 Å². The fraction of sp³-hybridized carbons (Fsp3) is 0.300. The van der Waals surface area contributed by atoms with Crippen LogP contribution >= 0.6 is 11.6 Å². The summed E-state index contributed by atoms with van der Waals surface area (Å²) in [6.07, 6.45) is 0.246. The van der Waals surface area contributed by atoms with Crippen molar-refractivity contribution in [2.45, 2.75) is 19.4 Å². The lowest BCUT2D eigenvalue weighted by Crippen LogP contribution is -2.10. The predicted octanol–water partition coefficient (Wildman–Crippen LogP) is 3.02. The van der Waals surface area contributed by atoms with E-state index in [-0.39, 0.29) is 6.10 Å². The molecule has 0 spiro atoms. The van der Waals surface area contributed by atoms with Gasteiger partial charge in [0.15, 0.2) is 0 Å². The number of halogens is 1. The number of para-hydroxylation sites is 1. The second-order valence-electron chi connectivity index (χ2n) is 2.72. The molecule has 0 aliphatic rings. The highest BCUT2D eigenvalue weighted by Crippen LogP contribution is 2.24. The highest BCUT2D eigenvalue weighted by Gasteiger charge is 2.05. The quantitative estimate of drug-likeness (QED) is 0.743. The van der Waals surface area contributed by atoms with Gasteiger partial charge in [-0.3, -0.25) is 0 Å². The Hall–Kier alpha value is -1.20. The fourth-order valence-corrected chi connectivity index (χ4v) is 1.11. The third kappa shape index (κ3) is 2.96. The van der Waals surface area contributed by atoms with E-state index in [0.29, 0.717) is 17.2 Å². The van der Waals surface area contributed by atoms with Gasteiger partial charge in [0.05, 0.1) is 17.5 Å². The molecule has 3 heteroatoms. The number of nitrogens with zero attached hydrogens (tertiary/aromatic N) is 1. The molecule has 1 atom stereocenters. The topological polar surface area (TPSA) is 33.0 Å². The first-order valence-corrected chi connectivity index (χ1v) is 4.40. The van der Waals surface area contributed by atoms with Crippen LogP contribution in [0.5, 0.6) is 5.75 Å². The minimum absolute atomic E-state index is 0.120. The van der Waals surface area contributed by atoms with Gasteiger partial charge in [0.1, 0.15) is 11.9 Å². The van der Waals surface area contributed by atoms with Gasteiger partial charge >= 0.3 is 0 Å². The maximum Gasteiger partial charge on any atom is 0.138 e. The summed E-state index contributed by atoms with van der Waals surface area (Å²) in [6, 6.07) is 9.27. The van der Waals surface area contributed by atoms with Crippen molar-refractivity contribution in [3.63, 3.8) is 0 Å². The third-order valence-corrected chi connectivity index (χ3v) is 1.86. The molecule has 0 bridgehead atoms. The average Bonchev–Trinajstić information content (AvgIpc) is 2.09. The van der Waals surface area contributed by atoms with Crippen LogP contribution in [0.4, 0.5) is 0 Å². The Kier molecular flexibility index (Phi) is 3.60. The molecule has 68 valence electrons. The number of ether oxygens (including phenoxy) is 1. The zero-order valence-electron chi connectivity index (χ0n) is 7.33. The Labute approximate surface area is 82.7 Å². The maximum atomic E-state index is 8.42. The molecule has 0 heterocycles. The van der Waals surface area contributed by atoms with Crippen molar-refractivity contribution in [1.82, 2.24) is 0 Å². The first kappa shape index (κ1) is 9.88. The minimum Gasteiger partial charge on any atom is -0.488 e. The van der Waals surface area contributed by atoms with E-state index >= 15 is 0 Å². The largest absolute Gasteiger partial charge is 0.488 e. The minimum atomic E-state index is -0.120. The second-order valence-corrected chi connectivity index (χ2v) is 3.13. The van der Waals surface area contributed by atoms with Gasteiger partial charge in [0, 0.05) is 0 Å². The normalized spacial score (nSPS) is 11.8. The Morgan fingerprint density at radius 3 is 2.85 bits per heavy atom. The van der Waals surface area contributed by atoms with E-state index in [9.17, 15) is 0 Å². The maximum absolute atomic E-state index is 8.42. The zero-order valence-corrected chi connectivity index (χ0v) is 8.08. The van der Waals surface area contributed by atoms with Crippen molar-refractivity contribution in [3.8, 4) is 11.8 Å². The Morgan fingerprint density at radius 2 is 2.23 bits per heavy atom. The van der Waals surface area contributed by atoms with E-state index in [1.54, 1.807) is 12.1 Å². The van der Waals surface area contributed by atoms with Gasteiger partial charge < -0.3 is 4.74 Å². The third-order valence-electron chi connectivity index (χ3n) is 1.54. The monoisotopic (exact) mass is 195 g/mol. The highest BCUT2D eigenvalue weighted by molar-refractivity contribution is 6.32. The SMILES string of the molecule is CC(CC#N)Oc1ccccc1Cl. The van der Waals surface area contributed by atoms with Crippen LogP contribution in [0.25, 0.3) is 0 Å².